The van der Waals surface area contributed by atoms with Gasteiger partial charge in [-0.25, -0.2) is 4.98 Å². The molecule has 2 saturated carbocycles. The first-order valence-corrected chi connectivity index (χ1v) is 11.9. The van der Waals surface area contributed by atoms with Crippen LogP contribution in [0.1, 0.15) is 72.1 Å². The van der Waals surface area contributed by atoms with Crippen molar-refractivity contribution < 1.29 is 9.59 Å². The van der Waals surface area contributed by atoms with Crippen molar-refractivity contribution in [1.82, 2.24) is 14.9 Å². The summed E-state index contributed by atoms with van der Waals surface area (Å²) in [5.41, 5.74) is 3.57. The Bertz CT molecular complexity index is 1290. The minimum absolute atomic E-state index is 0.00418. The summed E-state index contributed by atoms with van der Waals surface area (Å²) in [5.74, 6) is 0.401. The number of pyridine rings is 2. The van der Waals surface area contributed by atoms with E-state index in [1.807, 2.05) is 13.0 Å². The molecular formula is C23H27B2N5O3. The molecule has 2 aliphatic heterocycles. The Labute approximate surface area is 193 Å². The van der Waals surface area contributed by atoms with Crippen LogP contribution < -0.4 is 21.5 Å². The number of hydrogen-bond acceptors (Lipinski definition) is 5. The van der Waals surface area contributed by atoms with Crippen LogP contribution in [0.4, 0.5) is 17.2 Å². The van der Waals surface area contributed by atoms with Crippen LogP contribution in [0.5, 0.6) is 0 Å². The SMILES string of the molecule is BC1(B)c2cnc(NC(=O)C3CC3)cc2Nc2c1c(C)c1n(c2=O)C2(CCCCC2)NC1=O. The first-order chi connectivity index (χ1) is 15.7. The topological polar surface area (TPSA) is 105 Å². The normalized spacial score (nSPS) is 21.4. The lowest BCUT2D eigenvalue weighted by molar-refractivity contribution is -0.117. The van der Waals surface area contributed by atoms with Crippen LogP contribution >= 0.6 is 0 Å². The third kappa shape index (κ3) is 2.85. The highest BCUT2D eigenvalue weighted by molar-refractivity contribution is 6.44. The number of nitrogens with zero attached hydrogens (tertiary/aromatic N) is 2. The number of nitrogens with one attached hydrogen (secondary N) is 3. The number of anilines is 3. The van der Waals surface area contributed by atoms with E-state index in [2.05, 4.69) is 36.6 Å². The van der Waals surface area contributed by atoms with E-state index in [9.17, 15) is 14.4 Å². The molecule has 8 nitrogen and oxygen atoms in total. The van der Waals surface area contributed by atoms with Gasteiger partial charge in [0.25, 0.3) is 11.5 Å². The fourth-order valence-electron chi connectivity index (χ4n) is 6.15. The summed E-state index contributed by atoms with van der Waals surface area (Å²) >= 11 is 0. The van der Waals surface area contributed by atoms with Gasteiger partial charge in [-0.15, -0.1) is 0 Å². The summed E-state index contributed by atoms with van der Waals surface area (Å²) < 4.78 is 1.73. The summed E-state index contributed by atoms with van der Waals surface area (Å²) in [6.07, 6.45) is 8.24. The zero-order valence-corrected chi connectivity index (χ0v) is 19.3. The zero-order chi connectivity index (χ0) is 23.1. The first-order valence-electron chi connectivity index (χ1n) is 11.9. The molecule has 33 heavy (non-hydrogen) atoms. The number of amides is 2. The van der Waals surface area contributed by atoms with Crippen molar-refractivity contribution in [2.45, 2.75) is 62.7 Å². The van der Waals surface area contributed by atoms with E-state index in [1.54, 1.807) is 10.8 Å². The maximum atomic E-state index is 14.0. The molecule has 2 aliphatic carbocycles. The molecule has 3 N–H and O–H groups in total. The van der Waals surface area contributed by atoms with Crippen molar-refractivity contribution in [2.75, 3.05) is 10.6 Å². The Hall–Kier alpha value is -3.03. The van der Waals surface area contributed by atoms with Crippen LogP contribution in [0, 0.1) is 12.8 Å². The Balaban J connectivity index is 1.50. The van der Waals surface area contributed by atoms with Gasteiger partial charge in [-0.05, 0) is 67.4 Å². The molecule has 2 amide bonds. The summed E-state index contributed by atoms with van der Waals surface area (Å²) in [5, 5.41) is 8.90. The number of aromatic nitrogens is 2. The lowest BCUT2D eigenvalue weighted by Gasteiger charge is -2.39. The number of hydrogen-bond donors (Lipinski definition) is 3. The van der Waals surface area contributed by atoms with Crippen molar-refractivity contribution in [1.29, 1.82) is 0 Å². The maximum Gasteiger partial charge on any atom is 0.277 e. The molecule has 0 bridgehead atoms. The Morgan fingerprint density at radius 3 is 2.64 bits per heavy atom. The average Bonchev–Trinajstić information content (AvgIpc) is 3.57. The van der Waals surface area contributed by atoms with E-state index in [1.165, 1.54) is 0 Å². The molecule has 0 saturated heterocycles. The fourth-order valence-corrected chi connectivity index (χ4v) is 6.15. The minimum Gasteiger partial charge on any atom is -0.350 e. The standard InChI is InChI=1S/C23H27B2N5O3/c1-11-16-17(21(33)30-18(11)20(32)29-22(30)7-3-2-4-8-22)27-14-9-15(28-19(31)12-5-6-12)26-10-13(14)23(16,24)25/h9-10,12,27H,2-8,24-25H2,1H3,(H,29,32)(H,26,28,31). The molecule has 2 aromatic rings. The van der Waals surface area contributed by atoms with E-state index in [0.717, 1.165) is 67.3 Å². The quantitative estimate of drug-likeness (QED) is 0.596. The lowest BCUT2D eigenvalue weighted by Crippen LogP contribution is -2.49. The van der Waals surface area contributed by atoms with E-state index < -0.39 is 10.9 Å². The van der Waals surface area contributed by atoms with Crippen LogP contribution in [0.3, 0.4) is 0 Å². The largest absolute Gasteiger partial charge is 0.350 e. The molecule has 0 atom stereocenters. The number of fused-ring (bicyclic) bond motifs is 4. The first kappa shape index (κ1) is 20.6. The highest BCUT2D eigenvalue weighted by atomic mass is 16.2. The lowest BCUT2D eigenvalue weighted by atomic mass is 9.46. The van der Waals surface area contributed by atoms with Crippen LogP contribution in [0.15, 0.2) is 17.1 Å². The van der Waals surface area contributed by atoms with E-state index in [4.69, 9.17) is 0 Å². The van der Waals surface area contributed by atoms with Crippen LogP contribution in [0.2, 0.25) is 0 Å². The van der Waals surface area contributed by atoms with Crippen LogP contribution in [-0.2, 0) is 15.7 Å². The smallest absolute Gasteiger partial charge is 0.277 e. The van der Waals surface area contributed by atoms with E-state index in [-0.39, 0.29) is 23.3 Å². The van der Waals surface area contributed by atoms with Gasteiger partial charge >= 0.3 is 0 Å². The predicted octanol–water partition coefficient (Wildman–Crippen LogP) is 0.785. The van der Waals surface area contributed by atoms with Crippen molar-refractivity contribution in [2.24, 2.45) is 5.92 Å². The van der Waals surface area contributed by atoms with Crippen molar-refractivity contribution in [3.05, 3.63) is 45.0 Å². The maximum absolute atomic E-state index is 14.0. The number of rotatable bonds is 2. The molecule has 0 unspecified atom stereocenters. The van der Waals surface area contributed by atoms with Gasteiger partial charge in [0.2, 0.25) is 5.91 Å². The summed E-state index contributed by atoms with van der Waals surface area (Å²) in [6.45, 7) is 1.94. The van der Waals surface area contributed by atoms with Crippen LogP contribution in [0.25, 0.3) is 0 Å². The highest BCUT2D eigenvalue weighted by Gasteiger charge is 2.48. The van der Waals surface area contributed by atoms with E-state index >= 15 is 0 Å². The molecule has 2 fully saturated rings. The second kappa shape index (κ2) is 6.74. The third-order valence-corrected chi connectivity index (χ3v) is 7.95. The van der Waals surface area contributed by atoms with Gasteiger partial charge in [-0.3, -0.25) is 19.0 Å². The second-order valence-corrected chi connectivity index (χ2v) is 10.5. The molecule has 10 heteroatoms. The Morgan fingerprint density at radius 1 is 1.21 bits per heavy atom. The summed E-state index contributed by atoms with van der Waals surface area (Å²) in [4.78, 5) is 43.8. The van der Waals surface area contributed by atoms with E-state index in [0.29, 0.717) is 17.2 Å². The van der Waals surface area contributed by atoms with Gasteiger partial charge < -0.3 is 16.0 Å². The molecule has 0 aromatic carbocycles. The fraction of sp³-hybridized carbons (Fsp3) is 0.478. The Kier molecular flexibility index (Phi) is 4.20. The zero-order valence-electron chi connectivity index (χ0n) is 19.3. The van der Waals surface area contributed by atoms with Crippen LogP contribution in [-0.4, -0.2) is 37.1 Å². The Morgan fingerprint density at radius 2 is 1.94 bits per heavy atom. The van der Waals surface area contributed by atoms with Gasteiger partial charge in [0.15, 0.2) is 0 Å². The van der Waals surface area contributed by atoms with Gasteiger partial charge in [0, 0.05) is 23.9 Å². The summed E-state index contributed by atoms with van der Waals surface area (Å²) in [7, 11) is 4.12. The van der Waals surface area contributed by atoms with Gasteiger partial charge in [-0.2, -0.15) is 0 Å². The predicted molar refractivity (Wildman–Crippen MR) is 131 cm³/mol. The molecule has 2 aromatic heterocycles. The summed E-state index contributed by atoms with van der Waals surface area (Å²) in [6, 6.07) is 1.81. The van der Waals surface area contributed by atoms with Gasteiger partial charge in [0.1, 0.15) is 38.6 Å². The van der Waals surface area contributed by atoms with Crippen molar-refractivity contribution in [3.8, 4) is 0 Å². The molecule has 168 valence electrons. The molecule has 0 radical (unpaired) electrons. The molecule has 4 aliphatic rings. The third-order valence-electron chi connectivity index (χ3n) is 7.95. The molecule has 1 spiro atoms. The van der Waals surface area contributed by atoms with Gasteiger partial charge in [-0.1, -0.05) is 6.42 Å². The monoisotopic (exact) mass is 443 g/mol. The molecular weight excluding hydrogens is 416 g/mol. The van der Waals surface area contributed by atoms with Gasteiger partial charge in [0.05, 0.1) is 0 Å². The minimum atomic E-state index is -0.630. The van der Waals surface area contributed by atoms with Crippen molar-refractivity contribution in [3.63, 3.8) is 0 Å². The number of carbonyl (C=O) groups is 2. The average molecular weight is 443 g/mol. The van der Waals surface area contributed by atoms with Crippen molar-refractivity contribution >= 4 is 44.7 Å². The second-order valence-electron chi connectivity index (χ2n) is 10.5. The molecule has 6 rings (SSSR count). The highest BCUT2D eigenvalue weighted by Crippen LogP contribution is 2.46. The number of carbonyl (C=O) groups excluding carboxylic acids is 2. The molecule has 4 heterocycles.